The van der Waals surface area contributed by atoms with E-state index in [1.165, 1.54) is 21.3 Å². The van der Waals surface area contributed by atoms with Crippen LogP contribution in [0.25, 0.3) is 0 Å². The summed E-state index contributed by atoms with van der Waals surface area (Å²) in [4.78, 5) is 30.0. The molecule has 1 atom stereocenters. The third-order valence-corrected chi connectivity index (χ3v) is 9.33. The number of anilines is 1. The van der Waals surface area contributed by atoms with Crippen LogP contribution in [0.2, 0.25) is 0 Å². The normalized spacial score (nSPS) is 12.0. The molecule has 1 N–H and O–H groups in total. The average molecular weight is 612 g/mol. The first-order valence-electron chi connectivity index (χ1n) is 15.0. The van der Waals surface area contributed by atoms with Crippen LogP contribution in [0.3, 0.4) is 0 Å². The summed E-state index contributed by atoms with van der Waals surface area (Å²) in [5.41, 5.74) is 3.97. The van der Waals surface area contributed by atoms with Crippen LogP contribution < -0.4 is 9.62 Å². The molecule has 230 valence electrons. The van der Waals surface area contributed by atoms with Gasteiger partial charge >= 0.3 is 0 Å². The summed E-state index contributed by atoms with van der Waals surface area (Å²) in [7, 11) is -4.13. The third kappa shape index (κ3) is 7.94. The molecule has 44 heavy (non-hydrogen) atoms. The smallest absolute Gasteiger partial charge is 0.264 e. The van der Waals surface area contributed by atoms with E-state index in [-0.39, 0.29) is 29.8 Å². The minimum absolute atomic E-state index is 0.0857. The molecule has 8 heteroatoms. The molecule has 0 aromatic heterocycles. The van der Waals surface area contributed by atoms with Crippen LogP contribution >= 0.6 is 0 Å². The minimum atomic E-state index is -4.13. The molecule has 0 unspecified atom stereocenters. The summed E-state index contributed by atoms with van der Waals surface area (Å²) in [5.74, 6) is -0.768. The third-order valence-electron chi connectivity index (χ3n) is 7.56. The molecule has 7 nitrogen and oxygen atoms in total. The largest absolute Gasteiger partial charge is 0.352 e. The van der Waals surface area contributed by atoms with Crippen molar-refractivity contribution in [1.82, 2.24) is 10.2 Å². The molecule has 0 spiro atoms. The quantitative estimate of drug-likeness (QED) is 0.204. The van der Waals surface area contributed by atoms with E-state index in [9.17, 15) is 18.0 Å². The van der Waals surface area contributed by atoms with Gasteiger partial charge in [-0.05, 0) is 67.6 Å². The van der Waals surface area contributed by atoms with Crippen LogP contribution in [0.4, 0.5) is 5.69 Å². The van der Waals surface area contributed by atoms with Crippen molar-refractivity contribution in [1.29, 1.82) is 0 Å². The van der Waals surface area contributed by atoms with E-state index < -0.39 is 28.5 Å². The maximum Gasteiger partial charge on any atom is 0.264 e. The number of nitrogens with zero attached hydrogens (tertiary/aromatic N) is 2. The molecule has 0 aliphatic carbocycles. The predicted octanol–water partition coefficient (Wildman–Crippen LogP) is 5.92. The fourth-order valence-corrected chi connectivity index (χ4v) is 6.66. The van der Waals surface area contributed by atoms with Crippen molar-refractivity contribution >= 4 is 27.5 Å². The molecule has 2 amide bonds. The molecular formula is C36H41N3O4S. The fourth-order valence-electron chi connectivity index (χ4n) is 5.19. The first-order valence-corrected chi connectivity index (χ1v) is 16.4. The number of carbonyl (C=O) groups is 2. The van der Waals surface area contributed by atoms with Gasteiger partial charge in [-0.1, -0.05) is 97.9 Å². The standard InChI is InChI=1S/C36H41N3O4S/c1-5-30-19-14-15-23-33(30)39(44(42,43)32-21-10-7-11-22-32)26-35(40)38(25-31-20-13-12-16-28(31)4)34(36(41)37-27(2)3)24-29-17-8-6-9-18-29/h6-23,27,34H,5,24-26H2,1-4H3,(H,37,41)/t34-/m0/s1. The highest BCUT2D eigenvalue weighted by Crippen LogP contribution is 2.28. The van der Waals surface area contributed by atoms with Gasteiger partial charge in [0, 0.05) is 19.0 Å². The van der Waals surface area contributed by atoms with Crippen LogP contribution in [-0.2, 0) is 39.0 Å². The Bertz CT molecular complexity index is 1660. The van der Waals surface area contributed by atoms with E-state index in [1.54, 1.807) is 30.3 Å². The molecule has 0 radical (unpaired) electrons. The van der Waals surface area contributed by atoms with E-state index in [0.717, 1.165) is 22.3 Å². The van der Waals surface area contributed by atoms with Crippen molar-refractivity contribution in [2.75, 3.05) is 10.8 Å². The molecule has 0 aliphatic heterocycles. The van der Waals surface area contributed by atoms with Crippen LogP contribution in [0.1, 0.15) is 43.0 Å². The second-order valence-corrected chi connectivity index (χ2v) is 13.0. The Kier molecular flexibility index (Phi) is 11.0. The molecular weight excluding hydrogens is 570 g/mol. The summed E-state index contributed by atoms with van der Waals surface area (Å²) in [5, 5.41) is 2.99. The number of sulfonamides is 1. The van der Waals surface area contributed by atoms with Gasteiger partial charge in [0.2, 0.25) is 11.8 Å². The van der Waals surface area contributed by atoms with Crippen molar-refractivity contribution in [3.8, 4) is 0 Å². The lowest BCUT2D eigenvalue weighted by Crippen LogP contribution is -2.54. The molecule has 0 heterocycles. The first kappa shape index (κ1) is 32.5. The topological polar surface area (TPSA) is 86.8 Å². The van der Waals surface area contributed by atoms with Crippen molar-refractivity contribution in [3.05, 3.63) is 131 Å². The highest BCUT2D eigenvalue weighted by atomic mass is 32.2. The number of carbonyl (C=O) groups excluding carboxylic acids is 2. The molecule has 0 fully saturated rings. The number of aryl methyl sites for hydroxylation is 2. The number of para-hydroxylation sites is 1. The van der Waals surface area contributed by atoms with Crippen LogP contribution in [-0.4, -0.2) is 43.8 Å². The van der Waals surface area contributed by atoms with Crippen molar-refractivity contribution in [3.63, 3.8) is 0 Å². The predicted molar refractivity (Wildman–Crippen MR) is 176 cm³/mol. The van der Waals surface area contributed by atoms with Crippen LogP contribution in [0.15, 0.2) is 114 Å². The van der Waals surface area contributed by atoms with Crippen molar-refractivity contribution in [2.24, 2.45) is 0 Å². The van der Waals surface area contributed by atoms with Gasteiger partial charge in [0.1, 0.15) is 12.6 Å². The molecule has 4 aromatic rings. The maximum atomic E-state index is 14.6. The van der Waals surface area contributed by atoms with E-state index in [4.69, 9.17) is 0 Å². The summed E-state index contributed by atoms with van der Waals surface area (Å²) in [6.45, 7) is 7.33. The van der Waals surface area contributed by atoms with E-state index in [2.05, 4.69) is 5.32 Å². The van der Waals surface area contributed by atoms with E-state index >= 15 is 0 Å². The summed E-state index contributed by atoms with van der Waals surface area (Å²) >= 11 is 0. The van der Waals surface area contributed by atoms with Crippen LogP contribution in [0, 0.1) is 6.92 Å². The molecule has 4 rings (SSSR count). The highest BCUT2D eigenvalue weighted by Gasteiger charge is 2.35. The summed E-state index contributed by atoms with van der Waals surface area (Å²) in [6, 6.07) is 31.6. The number of hydrogen-bond donors (Lipinski definition) is 1. The first-order chi connectivity index (χ1) is 21.1. The van der Waals surface area contributed by atoms with Gasteiger partial charge in [0.15, 0.2) is 0 Å². The van der Waals surface area contributed by atoms with Gasteiger partial charge in [0.05, 0.1) is 10.6 Å². The molecule has 0 bridgehead atoms. The van der Waals surface area contributed by atoms with Gasteiger partial charge in [-0.25, -0.2) is 8.42 Å². The van der Waals surface area contributed by atoms with E-state index in [0.29, 0.717) is 12.1 Å². The molecule has 0 saturated carbocycles. The average Bonchev–Trinajstić information content (AvgIpc) is 3.02. The van der Waals surface area contributed by atoms with Gasteiger partial charge in [0.25, 0.3) is 10.0 Å². The summed E-state index contributed by atoms with van der Waals surface area (Å²) in [6.07, 6.45) is 0.847. The monoisotopic (exact) mass is 611 g/mol. The number of nitrogens with one attached hydrogen (secondary N) is 1. The Labute approximate surface area is 261 Å². The van der Waals surface area contributed by atoms with Gasteiger partial charge in [-0.15, -0.1) is 0 Å². The Morgan fingerprint density at radius 2 is 1.34 bits per heavy atom. The molecule has 4 aromatic carbocycles. The molecule has 0 aliphatic rings. The Balaban J connectivity index is 1.83. The number of rotatable bonds is 13. The second kappa shape index (κ2) is 14.8. The SMILES string of the molecule is CCc1ccccc1N(CC(=O)N(Cc1ccccc1C)[C@@H](Cc1ccccc1)C(=O)NC(C)C)S(=O)(=O)c1ccccc1. The van der Waals surface area contributed by atoms with Gasteiger partial charge < -0.3 is 10.2 Å². The molecule has 0 saturated heterocycles. The zero-order valence-electron chi connectivity index (χ0n) is 25.8. The van der Waals surface area contributed by atoms with Crippen LogP contribution in [0.5, 0.6) is 0 Å². The zero-order chi connectivity index (χ0) is 31.7. The Morgan fingerprint density at radius 3 is 1.95 bits per heavy atom. The summed E-state index contributed by atoms with van der Waals surface area (Å²) < 4.78 is 29.6. The van der Waals surface area contributed by atoms with Gasteiger partial charge in [-0.3, -0.25) is 13.9 Å². The Morgan fingerprint density at radius 1 is 0.773 bits per heavy atom. The maximum absolute atomic E-state index is 14.6. The highest BCUT2D eigenvalue weighted by molar-refractivity contribution is 7.92. The number of amides is 2. The number of hydrogen-bond acceptors (Lipinski definition) is 4. The lowest BCUT2D eigenvalue weighted by Gasteiger charge is -2.35. The fraction of sp³-hybridized carbons (Fsp3) is 0.278. The van der Waals surface area contributed by atoms with E-state index in [1.807, 2.05) is 94.4 Å². The van der Waals surface area contributed by atoms with Crippen molar-refractivity contribution < 1.29 is 18.0 Å². The lowest BCUT2D eigenvalue weighted by atomic mass is 10.0. The second-order valence-electron chi connectivity index (χ2n) is 11.1. The van der Waals surface area contributed by atoms with Crippen molar-refractivity contribution in [2.45, 2.75) is 64.1 Å². The zero-order valence-corrected chi connectivity index (χ0v) is 26.6. The number of benzene rings is 4. The minimum Gasteiger partial charge on any atom is -0.352 e. The lowest BCUT2D eigenvalue weighted by molar-refractivity contribution is -0.140. The Hall–Kier alpha value is -4.43. The van der Waals surface area contributed by atoms with Gasteiger partial charge in [-0.2, -0.15) is 0 Å².